The fourth-order valence-electron chi connectivity index (χ4n) is 3.12. The first-order valence-corrected chi connectivity index (χ1v) is 6.81. The second-order valence-corrected chi connectivity index (χ2v) is 5.40. The van der Waals surface area contributed by atoms with Crippen molar-refractivity contribution in [1.82, 2.24) is 4.90 Å². The summed E-state index contributed by atoms with van der Waals surface area (Å²) in [5, 5.41) is 4.34. The largest absolute Gasteiger partial charge is 0.357 e. The topological polar surface area (TPSA) is 24.8 Å². The first kappa shape index (κ1) is 11.7. The molecule has 3 heteroatoms. The van der Waals surface area contributed by atoms with Gasteiger partial charge in [0.1, 0.15) is 0 Å². The minimum atomic E-state index is 0.692. The number of benzene rings is 1. The Morgan fingerprint density at radius 2 is 2.06 bits per heavy atom. The summed E-state index contributed by atoms with van der Waals surface area (Å²) in [6, 6.07) is 10.5. The van der Waals surface area contributed by atoms with Crippen LogP contribution in [0.2, 0.25) is 0 Å². The average Bonchev–Trinajstić information content (AvgIpc) is 2.79. The molecule has 1 aliphatic heterocycles. The van der Waals surface area contributed by atoms with E-state index in [4.69, 9.17) is 4.84 Å². The second kappa shape index (κ2) is 5.11. The number of oxime groups is 1. The zero-order valence-electron chi connectivity index (χ0n) is 10.9. The average molecular weight is 244 g/mol. The highest BCUT2D eigenvalue weighted by atomic mass is 16.6. The van der Waals surface area contributed by atoms with Crippen LogP contribution >= 0.6 is 0 Å². The molecule has 0 N–H and O–H groups in total. The predicted octanol–water partition coefficient (Wildman–Crippen LogP) is 2.93. The molecule has 2 fully saturated rings. The maximum atomic E-state index is 5.50. The van der Waals surface area contributed by atoms with Crippen LogP contribution in [0, 0.1) is 5.92 Å². The van der Waals surface area contributed by atoms with Gasteiger partial charge in [0.15, 0.2) is 5.75 Å². The minimum Gasteiger partial charge on any atom is -0.357 e. The van der Waals surface area contributed by atoms with Crippen molar-refractivity contribution >= 4 is 5.71 Å². The van der Waals surface area contributed by atoms with Crippen LogP contribution in [0.25, 0.3) is 0 Å². The van der Waals surface area contributed by atoms with Gasteiger partial charge < -0.3 is 9.74 Å². The van der Waals surface area contributed by atoms with E-state index in [1.54, 1.807) is 0 Å². The van der Waals surface area contributed by atoms with Crippen LogP contribution in [0.5, 0.6) is 5.75 Å². The summed E-state index contributed by atoms with van der Waals surface area (Å²) in [6.45, 7) is 1.24. The molecule has 1 aliphatic carbocycles. The molecule has 96 valence electrons. The van der Waals surface area contributed by atoms with Gasteiger partial charge in [-0.3, -0.25) is 0 Å². The number of likely N-dealkylation sites (tertiary alicyclic amines) is 1. The van der Waals surface area contributed by atoms with E-state index in [1.807, 2.05) is 30.3 Å². The van der Waals surface area contributed by atoms with Crippen LogP contribution in [0.15, 0.2) is 35.5 Å². The maximum Gasteiger partial charge on any atom is 0.157 e. The van der Waals surface area contributed by atoms with E-state index >= 15 is 0 Å². The Hall–Kier alpha value is -1.35. The van der Waals surface area contributed by atoms with E-state index in [9.17, 15) is 0 Å². The van der Waals surface area contributed by atoms with Crippen molar-refractivity contribution in [3.63, 3.8) is 0 Å². The quantitative estimate of drug-likeness (QED) is 0.747. The van der Waals surface area contributed by atoms with Gasteiger partial charge in [-0.15, -0.1) is 0 Å². The molecule has 0 spiro atoms. The second-order valence-electron chi connectivity index (χ2n) is 5.40. The number of nitrogens with zero attached hydrogens (tertiary/aromatic N) is 2. The summed E-state index contributed by atoms with van der Waals surface area (Å²) >= 11 is 0. The van der Waals surface area contributed by atoms with E-state index in [0.717, 1.165) is 24.5 Å². The maximum absolute atomic E-state index is 5.50. The zero-order valence-corrected chi connectivity index (χ0v) is 10.9. The summed E-state index contributed by atoms with van der Waals surface area (Å²) in [5.41, 5.74) is 1.22. The summed E-state index contributed by atoms with van der Waals surface area (Å²) in [6.07, 6.45) is 4.80. The zero-order chi connectivity index (χ0) is 12.4. The number of hydrogen-bond acceptors (Lipinski definition) is 3. The monoisotopic (exact) mass is 244 g/mol. The Morgan fingerprint density at radius 1 is 1.22 bits per heavy atom. The van der Waals surface area contributed by atoms with Crippen molar-refractivity contribution < 1.29 is 4.84 Å². The highest BCUT2D eigenvalue weighted by molar-refractivity contribution is 5.85. The lowest BCUT2D eigenvalue weighted by Crippen LogP contribution is -2.35. The molecule has 2 unspecified atom stereocenters. The lowest BCUT2D eigenvalue weighted by Gasteiger charge is -2.29. The highest BCUT2D eigenvalue weighted by Crippen LogP contribution is 2.34. The van der Waals surface area contributed by atoms with Gasteiger partial charge in [-0.05, 0) is 50.9 Å². The van der Waals surface area contributed by atoms with Crippen molar-refractivity contribution in [2.24, 2.45) is 11.1 Å². The Kier molecular flexibility index (Phi) is 3.33. The van der Waals surface area contributed by atoms with Crippen LogP contribution in [-0.4, -0.2) is 30.2 Å². The van der Waals surface area contributed by atoms with E-state index in [2.05, 4.69) is 17.1 Å². The molecule has 2 aliphatic rings. The smallest absolute Gasteiger partial charge is 0.157 e. The lowest BCUT2D eigenvalue weighted by atomic mass is 9.84. The molecule has 1 aromatic rings. The molecule has 2 atom stereocenters. The molecule has 18 heavy (non-hydrogen) atoms. The molecule has 0 radical (unpaired) electrons. The van der Waals surface area contributed by atoms with Crippen molar-refractivity contribution in [2.75, 3.05) is 13.6 Å². The molecule has 0 bridgehead atoms. The third-order valence-electron chi connectivity index (χ3n) is 4.23. The van der Waals surface area contributed by atoms with Crippen LogP contribution in [-0.2, 0) is 0 Å². The Labute approximate surface area is 108 Å². The van der Waals surface area contributed by atoms with E-state index < -0.39 is 0 Å². The Morgan fingerprint density at radius 3 is 2.89 bits per heavy atom. The number of fused-ring (bicyclic) bond motifs is 1. The SMILES string of the molecule is CN1CCC2CC/C(=N\Oc3ccccc3)CC21. The van der Waals surface area contributed by atoms with Crippen molar-refractivity contribution in [2.45, 2.75) is 31.7 Å². The van der Waals surface area contributed by atoms with Gasteiger partial charge in [-0.2, -0.15) is 0 Å². The molecule has 1 heterocycles. The number of para-hydroxylation sites is 1. The van der Waals surface area contributed by atoms with Gasteiger partial charge in [0.2, 0.25) is 0 Å². The van der Waals surface area contributed by atoms with Gasteiger partial charge in [0.05, 0.1) is 5.71 Å². The van der Waals surface area contributed by atoms with Gasteiger partial charge in [0.25, 0.3) is 0 Å². The molecule has 3 rings (SSSR count). The van der Waals surface area contributed by atoms with E-state index in [-0.39, 0.29) is 0 Å². The van der Waals surface area contributed by atoms with Crippen molar-refractivity contribution in [3.8, 4) is 5.75 Å². The third-order valence-corrected chi connectivity index (χ3v) is 4.23. The van der Waals surface area contributed by atoms with Gasteiger partial charge in [-0.1, -0.05) is 23.4 Å². The van der Waals surface area contributed by atoms with Crippen molar-refractivity contribution in [3.05, 3.63) is 30.3 Å². The Bertz CT molecular complexity index is 429. The van der Waals surface area contributed by atoms with Crippen LogP contribution in [0.3, 0.4) is 0 Å². The molecular weight excluding hydrogens is 224 g/mol. The Balaban J connectivity index is 1.63. The predicted molar refractivity (Wildman–Crippen MR) is 72.9 cm³/mol. The van der Waals surface area contributed by atoms with E-state index in [0.29, 0.717) is 6.04 Å². The molecule has 3 nitrogen and oxygen atoms in total. The normalized spacial score (nSPS) is 30.4. The lowest BCUT2D eigenvalue weighted by molar-refractivity contribution is 0.254. The number of hydrogen-bond donors (Lipinski definition) is 0. The molecular formula is C15H20N2O. The molecule has 1 aromatic carbocycles. The fourth-order valence-corrected chi connectivity index (χ4v) is 3.12. The van der Waals surface area contributed by atoms with Gasteiger partial charge >= 0.3 is 0 Å². The molecule has 1 saturated carbocycles. The van der Waals surface area contributed by atoms with Gasteiger partial charge in [0, 0.05) is 12.5 Å². The van der Waals surface area contributed by atoms with Crippen LogP contribution in [0.4, 0.5) is 0 Å². The fraction of sp³-hybridized carbons (Fsp3) is 0.533. The summed E-state index contributed by atoms with van der Waals surface area (Å²) in [5.74, 6) is 1.71. The van der Waals surface area contributed by atoms with Crippen LogP contribution in [0.1, 0.15) is 25.7 Å². The molecule has 0 amide bonds. The first-order chi connectivity index (χ1) is 8.83. The van der Waals surface area contributed by atoms with Gasteiger partial charge in [-0.25, -0.2) is 0 Å². The van der Waals surface area contributed by atoms with Crippen LogP contribution < -0.4 is 4.84 Å². The molecule has 0 aromatic heterocycles. The third kappa shape index (κ3) is 2.41. The summed E-state index contributed by atoms with van der Waals surface area (Å²) in [7, 11) is 2.23. The van der Waals surface area contributed by atoms with Crippen molar-refractivity contribution in [1.29, 1.82) is 0 Å². The first-order valence-electron chi connectivity index (χ1n) is 6.81. The minimum absolute atomic E-state index is 0.692. The molecule has 1 saturated heterocycles. The highest BCUT2D eigenvalue weighted by Gasteiger charge is 2.35. The summed E-state index contributed by atoms with van der Waals surface area (Å²) in [4.78, 5) is 7.97. The summed E-state index contributed by atoms with van der Waals surface area (Å²) < 4.78 is 0. The number of rotatable bonds is 2. The standard InChI is InChI=1S/C15H20N2O/c1-17-10-9-12-7-8-13(11-15(12)17)16-18-14-5-3-2-4-6-14/h2-6,12,15H,7-11H2,1H3/b16-13+. The van der Waals surface area contributed by atoms with E-state index in [1.165, 1.54) is 25.1 Å².